The summed E-state index contributed by atoms with van der Waals surface area (Å²) in [7, 11) is 0. The Labute approximate surface area is 136 Å². The molecule has 1 fully saturated rings. The van der Waals surface area contributed by atoms with Gasteiger partial charge in [-0.2, -0.15) is 0 Å². The minimum atomic E-state index is -0.178. The maximum absolute atomic E-state index is 9.69. The lowest BCUT2D eigenvalue weighted by Crippen LogP contribution is -2.37. The van der Waals surface area contributed by atoms with Crippen molar-refractivity contribution in [3.05, 3.63) is 28.2 Å². The van der Waals surface area contributed by atoms with Gasteiger partial charge in [-0.15, -0.1) is 0 Å². The minimum Gasteiger partial charge on any atom is -0.393 e. The average Bonchev–Trinajstić information content (AvgIpc) is 2.48. The van der Waals surface area contributed by atoms with Crippen LogP contribution in [0, 0.1) is 5.92 Å². The molecule has 1 aromatic rings. The lowest BCUT2D eigenvalue weighted by molar-refractivity contribution is 0.110. The van der Waals surface area contributed by atoms with E-state index < -0.39 is 0 Å². The van der Waals surface area contributed by atoms with Gasteiger partial charge in [0.25, 0.3) is 0 Å². The predicted octanol–water partition coefficient (Wildman–Crippen LogP) is 3.55. The number of aliphatic hydroxyl groups is 1. The van der Waals surface area contributed by atoms with Crippen LogP contribution in [0.15, 0.2) is 22.7 Å². The fourth-order valence-electron chi connectivity index (χ4n) is 2.95. The summed E-state index contributed by atoms with van der Waals surface area (Å²) < 4.78 is 1.17. The van der Waals surface area contributed by atoms with Crippen molar-refractivity contribution in [2.24, 2.45) is 5.92 Å². The molecule has 0 aromatic heterocycles. The van der Waals surface area contributed by atoms with Crippen molar-refractivity contribution in [2.45, 2.75) is 45.8 Å². The highest BCUT2D eigenvalue weighted by Crippen LogP contribution is 2.31. The Balaban J connectivity index is 1.95. The molecule has 0 bridgehead atoms. The first-order valence-electron chi connectivity index (χ1n) is 8.04. The lowest BCUT2D eigenvalue weighted by Gasteiger charge is -2.35. The third-order valence-corrected chi connectivity index (χ3v) is 4.97. The monoisotopic (exact) mass is 354 g/mol. The van der Waals surface area contributed by atoms with Crippen LogP contribution < -0.4 is 10.2 Å². The van der Waals surface area contributed by atoms with Crippen LogP contribution in [-0.2, 0) is 6.54 Å². The Hall–Kier alpha value is -0.580. The molecule has 2 rings (SSSR count). The number of nitrogens with one attached hydrogen (secondary N) is 1. The Bertz CT molecular complexity index is 442. The fourth-order valence-corrected chi connectivity index (χ4v) is 3.63. The SMILES string of the molecule is CCCNCc1ccc(N2CCC(C(C)O)CC2)c(Br)c1. The summed E-state index contributed by atoms with van der Waals surface area (Å²) in [6, 6.07) is 6.65. The number of rotatable bonds is 6. The molecule has 21 heavy (non-hydrogen) atoms. The summed E-state index contributed by atoms with van der Waals surface area (Å²) in [6.45, 7) is 8.14. The van der Waals surface area contributed by atoms with Crippen LogP contribution in [0.2, 0.25) is 0 Å². The average molecular weight is 355 g/mol. The molecule has 1 unspecified atom stereocenters. The van der Waals surface area contributed by atoms with E-state index in [4.69, 9.17) is 0 Å². The number of piperidine rings is 1. The molecule has 1 aliphatic rings. The van der Waals surface area contributed by atoms with Crippen molar-refractivity contribution in [3.8, 4) is 0 Å². The normalized spacial score (nSPS) is 18.0. The van der Waals surface area contributed by atoms with Crippen molar-refractivity contribution >= 4 is 21.6 Å². The van der Waals surface area contributed by atoms with Crippen LogP contribution >= 0.6 is 15.9 Å². The van der Waals surface area contributed by atoms with E-state index in [1.54, 1.807) is 0 Å². The Kier molecular flexibility index (Phi) is 6.52. The van der Waals surface area contributed by atoms with Gasteiger partial charge in [-0.3, -0.25) is 0 Å². The maximum atomic E-state index is 9.69. The molecule has 3 nitrogen and oxygen atoms in total. The van der Waals surface area contributed by atoms with Gasteiger partial charge in [-0.05, 0) is 72.3 Å². The van der Waals surface area contributed by atoms with E-state index in [1.165, 1.54) is 15.7 Å². The molecular weight excluding hydrogens is 328 g/mol. The van der Waals surface area contributed by atoms with E-state index in [-0.39, 0.29) is 6.10 Å². The second-order valence-electron chi connectivity index (χ2n) is 6.03. The molecular formula is C17H27BrN2O. The Morgan fingerprint density at radius 3 is 2.67 bits per heavy atom. The number of aliphatic hydroxyl groups excluding tert-OH is 1. The van der Waals surface area contributed by atoms with Crippen molar-refractivity contribution in [2.75, 3.05) is 24.5 Å². The van der Waals surface area contributed by atoms with Crippen molar-refractivity contribution in [3.63, 3.8) is 0 Å². The molecule has 1 aromatic carbocycles. The molecule has 4 heteroatoms. The maximum Gasteiger partial charge on any atom is 0.0541 e. The predicted molar refractivity (Wildman–Crippen MR) is 92.8 cm³/mol. The van der Waals surface area contributed by atoms with Gasteiger partial charge in [0.05, 0.1) is 11.8 Å². The van der Waals surface area contributed by atoms with Crippen LogP contribution in [0.25, 0.3) is 0 Å². The summed E-state index contributed by atoms with van der Waals surface area (Å²) >= 11 is 3.72. The number of anilines is 1. The van der Waals surface area contributed by atoms with E-state index >= 15 is 0 Å². The van der Waals surface area contributed by atoms with Gasteiger partial charge in [0, 0.05) is 24.1 Å². The van der Waals surface area contributed by atoms with Crippen LogP contribution in [-0.4, -0.2) is 30.8 Å². The highest BCUT2D eigenvalue weighted by atomic mass is 79.9. The first-order chi connectivity index (χ1) is 10.1. The molecule has 0 saturated carbocycles. The van der Waals surface area contributed by atoms with Gasteiger partial charge in [0.15, 0.2) is 0 Å². The zero-order valence-corrected chi connectivity index (χ0v) is 14.7. The van der Waals surface area contributed by atoms with Gasteiger partial charge in [-0.1, -0.05) is 13.0 Å². The molecule has 0 radical (unpaired) electrons. The zero-order valence-electron chi connectivity index (χ0n) is 13.1. The summed E-state index contributed by atoms with van der Waals surface area (Å²) in [5.41, 5.74) is 2.59. The third-order valence-electron chi connectivity index (χ3n) is 4.33. The topological polar surface area (TPSA) is 35.5 Å². The highest BCUT2D eigenvalue weighted by molar-refractivity contribution is 9.10. The zero-order chi connectivity index (χ0) is 15.2. The molecule has 1 atom stereocenters. The molecule has 2 N–H and O–H groups in total. The first kappa shape index (κ1) is 16.8. The number of hydrogen-bond acceptors (Lipinski definition) is 3. The van der Waals surface area contributed by atoms with Crippen molar-refractivity contribution < 1.29 is 5.11 Å². The first-order valence-corrected chi connectivity index (χ1v) is 8.83. The van der Waals surface area contributed by atoms with Crippen LogP contribution in [0.4, 0.5) is 5.69 Å². The Morgan fingerprint density at radius 1 is 1.38 bits per heavy atom. The lowest BCUT2D eigenvalue weighted by atomic mass is 9.92. The quantitative estimate of drug-likeness (QED) is 0.766. The number of benzene rings is 1. The fraction of sp³-hybridized carbons (Fsp3) is 0.647. The third kappa shape index (κ3) is 4.70. The largest absolute Gasteiger partial charge is 0.393 e. The van der Waals surface area contributed by atoms with Crippen LogP contribution in [0.1, 0.15) is 38.7 Å². The number of halogens is 1. The van der Waals surface area contributed by atoms with Crippen LogP contribution in [0.3, 0.4) is 0 Å². The van der Waals surface area contributed by atoms with Gasteiger partial charge in [0.2, 0.25) is 0 Å². The van der Waals surface area contributed by atoms with Gasteiger partial charge in [0.1, 0.15) is 0 Å². The number of hydrogen-bond donors (Lipinski definition) is 2. The molecule has 0 spiro atoms. The van der Waals surface area contributed by atoms with Crippen molar-refractivity contribution in [1.82, 2.24) is 5.32 Å². The van der Waals surface area contributed by atoms with E-state index in [0.29, 0.717) is 5.92 Å². The van der Waals surface area contributed by atoms with Gasteiger partial charge >= 0.3 is 0 Å². The van der Waals surface area contributed by atoms with E-state index in [2.05, 4.69) is 51.3 Å². The Morgan fingerprint density at radius 2 is 2.10 bits per heavy atom. The second kappa shape index (κ2) is 8.16. The van der Waals surface area contributed by atoms with E-state index in [0.717, 1.165) is 45.4 Å². The molecule has 0 amide bonds. The smallest absolute Gasteiger partial charge is 0.0541 e. The van der Waals surface area contributed by atoms with Crippen molar-refractivity contribution in [1.29, 1.82) is 0 Å². The molecule has 118 valence electrons. The second-order valence-corrected chi connectivity index (χ2v) is 6.88. The van der Waals surface area contributed by atoms with Gasteiger partial charge in [-0.25, -0.2) is 0 Å². The van der Waals surface area contributed by atoms with E-state index in [1.807, 2.05) is 6.92 Å². The summed E-state index contributed by atoms with van der Waals surface area (Å²) in [5, 5.41) is 13.1. The summed E-state index contributed by atoms with van der Waals surface area (Å²) in [4.78, 5) is 2.42. The molecule has 1 saturated heterocycles. The molecule has 1 heterocycles. The minimum absolute atomic E-state index is 0.178. The standard InChI is InChI=1S/C17H27BrN2O/c1-3-8-19-12-14-4-5-17(16(18)11-14)20-9-6-15(7-10-20)13(2)21/h4-5,11,13,15,19,21H,3,6-10,12H2,1-2H3. The van der Waals surface area contributed by atoms with E-state index in [9.17, 15) is 5.11 Å². The summed E-state index contributed by atoms with van der Waals surface area (Å²) in [6.07, 6.45) is 3.13. The molecule has 0 aliphatic carbocycles. The summed E-state index contributed by atoms with van der Waals surface area (Å²) in [5.74, 6) is 0.456. The van der Waals surface area contributed by atoms with Gasteiger partial charge < -0.3 is 15.3 Å². The number of nitrogens with zero attached hydrogens (tertiary/aromatic N) is 1. The van der Waals surface area contributed by atoms with Crippen LogP contribution in [0.5, 0.6) is 0 Å². The highest BCUT2D eigenvalue weighted by Gasteiger charge is 2.23. The molecule has 1 aliphatic heterocycles.